The van der Waals surface area contributed by atoms with Gasteiger partial charge in [0.1, 0.15) is 6.04 Å². The molecule has 3 N–H and O–H groups in total. The van der Waals surface area contributed by atoms with Gasteiger partial charge in [-0.1, -0.05) is 109 Å². The van der Waals surface area contributed by atoms with Crippen LogP contribution in [-0.4, -0.2) is 84.3 Å². The van der Waals surface area contributed by atoms with Crippen LogP contribution in [0.4, 0.5) is 10.5 Å². The Morgan fingerprint density at radius 3 is 1.66 bits per heavy atom. The fourth-order valence-electron chi connectivity index (χ4n) is 9.68. The maximum absolute atomic E-state index is 13.7. The number of rotatable bonds is 12. The number of hydrogen-bond acceptors (Lipinski definition) is 9. The van der Waals surface area contributed by atoms with Crippen molar-refractivity contribution in [2.45, 2.75) is 123 Å². The van der Waals surface area contributed by atoms with Crippen LogP contribution in [0.25, 0.3) is 22.8 Å². The first-order valence-electron chi connectivity index (χ1n) is 22.9. The van der Waals surface area contributed by atoms with Crippen LogP contribution in [-0.2, 0) is 19.7 Å². The molecular formula is C50H63N10O4. The Morgan fingerprint density at radius 2 is 1.19 bits per heavy atom. The van der Waals surface area contributed by atoms with Gasteiger partial charge < -0.3 is 34.7 Å². The molecule has 3 amide bonds. The summed E-state index contributed by atoms with van der Waals surface area (Å²) in [5.74, 6) is 2.69. The molecule has 5 heterocycles. The number of aromatic amines is 2. The molecule has 0 spiro atoms. The molecule has 14 heteroatoms. The van der Waals surface area contributed by atoms with Crippen LogP contribution in [0.2, 0.25) is 0 Å². The van der Waals surface area contributed by atoms with E-state index >= 15 is 0 Å². The second kappa shape index (κ2) is 18.6. The van der Waals surface area contributed by atoms with Crippen molar-refractivity contribution >= 4 is 23.6 Å². The molecule has 2 aromatic heterocycles. The number of H-pyrrole nitrogens is 2. The maximum atomic E-state index is 13.7. The van der Waals surface area contributed by atoms with Crippen molar-refractivity contribution in [3.63, 3.8) is 0 Å². The van der Waals surface area contributed by atoms with Crippen molar-refractivity contribution in [1.29, 1.82) is 0 Å². The van der Waals surface area contributed by atoms with Gasteiger partial charge in [0.15, 0.2) is 23.3 Å². The highest BCUT2D eigenvalue weighted by atomic mass is 16.5. The lowest BCUT2D eigenvalue weighted by Gasteiger charge is -2.34. The van der Waals surface area contributed by atoms with Gasteiger partial charge in [-0.3, -0.25) is 9.59 Å². The van der Waals surface area contributed by atoms with Gasteiger partial charge in [-0.05, 0) is 84.6 Å². The summed E-state index contributed by atoms with van der Waals surface area (Å²) in [5, 5.41) is 20.8. The lowest BCUT2D eigenvalue weighted by molar-refractivity contribution is -0.135. The minimum Gasteiger partial charge on any atom is -0.453 e. The van der Waals surface area contributed by atoms with Gasteiger partial charge in [-0.2, -0.15) is 0 Å². The summed E-state index contributed by atoms with van der Waals surface area (Å²) < 4.78 is 4.80. The second-order valence-electron chi connectivity index (χ2n) is 19.3. The van der Waals surface area contributed by atoms with Gasteiger partial charge in [0.25, 0.3) is 0 Å². The fraction of sp³-hybridized carbons (Fsp3) is 0.480. The zero-order chi connectivity index (χ0) is 45.3. The quantitative estimate of drug-likeness (QED) is 0.111. The largest absolute Gasteiger partial charge is 0.453 e. The zero-order valence-corrected chi connectivity index (χ0v) is 38.5. The lowest BCUT2D eigenvalue weighted by Crippen LogP contribution is -2.51. The standard InChI is InChI=1S/C50H63N10O4/c1-30(2)29-42(61)58-27-9-11-40(58)46-52-44(54-56-46)34-17-13-32(14-18-34)38-25-26-39(60(38)37-23-21-36(22-24-37)50(5,6)7)33-15-19-35(20-16-33)45-53-47(57-55-45)41-12-10-28-59(41)48(62)43(31(3)4)51-49(63)64-8/h13-24,29-31,38-41,43H,9-12,25-28H2,1-8H3,(H,51,63)(H,52,54,56)(H,53,55,57)/t38-,39-,40+,41+,43+/m1/s1. The number of ether oxygens (including phenoxy) is 1. The van der Waals surface area contributed by atoms with Crippen LogP contribution in [0, 0.1) is 18.3 Å². The summed E-state index contributed by atoms with van der Waals surface area (Å²) in [4.78, 5) is 51.9. The van der Waals surface area contributed by atoms with Crippen LogP contribution < -0.4 is 10.2 Å². The monoisotopic (exact) mass is 868 g/mol. The second-order valence-corrected chi connectivity index (χ2v) is 19.3. The molecule has 3 aromatic carbocycles. The molecule has 3 fully saturated rings. The van der Waals surface area contributed by atoms with E-state index in [1.165, 1.54) is 29.5 Å². The van der Waals surface area contributed by atoms with Crippen molar-refractivity contribution in [2.75, 3.05) is 25.1 Å². The van der Waals surface area contributed by atoms with E-state index in [1.807, 2.05) is 32.6 Å². The smallest absolute Gasteiger partial charge is 0.407 e. The van der Waals surface area contributed by atoms with E-state index in [0.29, 0.717) is 24.0 Å². The van der Waals surface area contributed by atoms with Gasteiger partial charge in [0, 0.05) is 29.9 Å². The van der Waals surface area contributed by atoms with Crippen LogP contribution in [0.15, 0.2) is 72.8 Å². The first-order valence-corrected chi connectivity index (χ1v) is 22.9. The molecule has 337 valence electrons. The third-order valence-electron chi connectivity index (χ3n) is 13.1. The predicted molar refractivity (Wildman–Crippen MR) is 247 cm³/mol. The first-order chi connectivity index (χ1) is 30.7. The molecule has 64 heavy (non-hydrogen) atoms. The molecule has 3 aliphatic heterocycles. The summed E-state index contributed by atoms with van der Waals surface area (Å²) in [5.41, 5.74) is 6.82. The Morgan fingerprint density at radius 1 is 0.688 bits per heavy atom. The van der Waals surface area contributed by atoms with E-state index in [-0.39, 0.29) is 53.2 Å². The minimum atomic E-state index is -0.706. The van der Waals surface area contributed by atoms with Crippen LogP contribution >= 0.6 is 0 Å². The molecule has 1 radical (unpaired) electrons. The van der Waals surface area contributed by atoms with Crippen molar-refractivity contribution in [3.8, 4) is 22.8 Å². The van der Waals surface area contributed by atoms with Gasteiger partial charge >= 0.3 is 6.09 Å². The van der Waals surface area contributed by atoms with Gasteiger partial charge in [-0.15, -0.1) is 20.4 Å². The molecule has 0 bridgehead atoms. The first kappa shape index (κ1) is 44.6. The maximum Gasteiger partial charge on any atom is 0.407 e. The number of methoxy groups -OCH3 is 1. The third-order valence-corrected chi connectivity index (χ3v) is 13.1. The van der Waals surface area contributed by atoms with Crippen LogP contribution in [0.1, 0.15) is 139 Å². The highest BCUT2D eigenvalue weighted by Crippen LogP contribution is 2.48. The fourth-order valence-corrected chi connectivity index (χ4v) is 9.68. The highest BCUT2D eigenvalue weighted by molar-refractivity contribution is 5.86. The lowest BCUT2D eigenvalue weighted by atomic mass is 9.87. The third kappa shape index (κ3) is 9.28. The van der Waals surface area contributed by atoms with Crippen LogP contribution in [0.3, 0.4) is 0 Å². The van der Waals surface area contributed by atoms with Crippen molar-refractivity contribution in [2.24, 2.45) is 11.8 Å². The van der Waals surface area contributed by atoms with Crippen LogP contribution in [0.5, 0.6) is 0 Å². The highest BCUT2D eigenvalue weighted by Gasteiger charge is 2.39. The average Bonchev–Trinajstić information content (AvgIpc) is 4.14. The van der Waals surface area contributed by atoms with E-state index in [4.69, 9.17) is 4.74 Å². The van der Waals surface area contributed by atoms with Gasteiger partial charge in [-0.25, -0.2) is 4.79 Å². The number of alkyl carbamates (subject to hydrolysis) is 1. The summed E-state index contributed by atoms with van der Waals surface area (Å²) >= 11 is 0. The summed E-state index contributed by atoms with van der Waals surface area (Å²) in [6, 6.07) is 25.5. The molecule has 3 aliphatic rings. The number of carbonyl (C=O) groups excluding carboxylic acids is 3. The molecule has 8 rings (SSSR count). The minimum absolute atomic E-state index is 0.0387. The van der Waals surface area contributed by atoms with E-state index in [2.05, 4.69) is 134 Å². The normalized spacial score (nSPS) is 20.7. The molecule has 0 unspecified atom stereocenters. The summed E-state index contributed by atoms with van der Waals surface area (Å²) in [6.45, 7) is 15.9. The summed E-state index contributed by atoms with van der Waals surface area (Å²) in [6.07, 6.45) is 6.50. The number of aromatic nitrogens is 6. The molecular weight excluding hydrogens is 805 g/mol. The topological polar surface area (TPSA) is 165 Å². The number of nitrogens with zero attached hydrogens (tertiary/aromatic N) is 7. The number of anilines is 1. The van der Waals surface area contributed by atoms with E-state index in [0.717, 1.165) is 62.0 Å². The predicted octanol–water partition coefficient (Wildman–Crippen LogP) is 9.20. The SMILES string of the molecule is COC(=O)N[C@H](C(=O)N1CCC[C@H]1c1nnc(-c2ccc([C@H]3CC[C@H](c4ccc(-c5nnc([C@@H]6CCCN6C(=O)[CH]C(C)C)[nH]5)cc4)N3c3ccc(C(C)(C)C)cc3)cc2)[nH]1)C(C)C. The Bertz CT molecular complexity index is 2400. The van der Waals surface area contributed by atoms with Crippen molar-refractivity contribution < 1.29 is 19.1 Å². The van der Waals surface area contributed by atoms with Crippen molar-refractivity contribution in [1.82, 2.24) is 45.5 Å². The molecule has 14 nitrogen and oxygen atoms in total. The Labute approximate surface area is 377 Å². The molecule has 5 aromatic rings. The average molecular weight is 868 g/mol. The Balaban J connectivity index is 1.01. The summed E-state index contributed by atoms with van der Waals surface area (Å²) in [7, 11) is 1.30. The van der Waals surface area contributed by atoms with Crippen molar-refractivity contribution in [3.05, 3.63) is 108 Å². The Kier molecular flexibility index (Phi) is 12.9. The molecule has 0 saturated carbocycles. The van der Waals surface area contributed by atoms with Gasteiger partial charge in [0.2, 0.25) is 11.8 Å². The zero-order valence-electron chi connectivity index (χ0n) is 38.5. The van der Waals surface area contributed by atoms with E-state index in [1.54, 1.807) is 11.3 Å². The number of carbonyl (C=O) groups is 3. The molecule has 0 aliphatic carbocycles. The van der Waals surface area contributed by atoms with Gasteiger partial charge in [0.05, 0.1) is 37.7 Å². The number of hydrogen-bond donors (Lipinski definition) is 3. The van der Waals surface area contributed by atoms with E-state index in [9.17, 15) is 14.4 Å². The molecule has 3 saturated heterocycles. The number of benzene rings is 3. The Hall–Kier alpha value is -6.05. The number of likely N-dealkylation sites (tertiary alicyclic amines) is 2. The number of amides is 3. The molecule has 5 atom stereocenters. The number of nitrogens with one attached hydrogen (secondary N) is 3. The van der Waals surface area contributed by atoms with E-state index < -0.39 is 12.1 Å².